The van der Waals surface area contributed by atoms with Crippen LogP contribution in [0.3, 0.4) is 0 Å². The highest BCUT2D eigenvalue weighted by Crippen LogP contribution is 2.23. The molecule has 0 aliphatic heterocycles. The Balaban J connectivity index is 2.55. The van der Waals surface area contributed by atoms with Crippen molar-refractivity contribution in [3.63, 3.8) is 0 Å². The molecule has 0 unspecified atom stereocenters. The van der Waals surface area contributed by atoms with Crippen molar-refractivity contribution in [1.82, 2.24) is 4.98 Å². The van der Waals surface area contributed by atoms with Crippen LogP contribution in [0.2, 0.25) is 0 Å². The Bertz CT molecular complexity index is 452. The van der Waals surface area contributed by atoms with Crippen molar-refractivity contribution in [2.75, 3.05) is 0 Å². The lowest BCUT2D eigenvalue weighted by molar-refractivity contribution is 1.30. The first kappa shape index (κ1) is 9.41. The largest absolute Gasteiger partial charge is 0.256 e. The molecule has 0 saturated carbocycles. The molecule has 2 aromatic rings. The van der Waals surface area contributed by atoms with Crippen molar-refractivity contribution in [3.05, 3.63) is 52.6 Å². The van der Waals surface area contributed by atoms with Crippen LogP contribution in [-0.4, -0.2) is 4.98 Å². The Kier molecular flexibility index (Phi) is 2.64. The van der Waals surface area contributed by atoms with Crippen LogP contribution in [0.15, 0.2) is 47.1 Å². The SMILES string of the molecule is Cc1ccccc1-c1cc(Br)ccn1. The van der Waals surface area contributed by atoms with Crippen LogP contribution in [0.25, 0.3) is 11.3 Å². The second-order valence-electron chi connectivity index (χ2n) is 3.17. The Morgan fingerprint density at radius 2 is 1.93 bits per heavy atom. The van der Waals surface area contributed by atoms with E-state index in [1.165, 1.54) is 11.1 Å². The molecule has 0 aliphatic carbocycles. The molecule has 0 bridgehead atoms. The van der Waals surface area contributed by atoms with Gasteiger partial charge in [0.2, 0.25) is 0 Å². The van der Waals surface area contributed by atoms with E-state index in [0.29, 0.717) is 0 Å². The van der Waals surface area contributed by atoms with E-state index in [1.54, 1.807) is 0 Å². The van der Waals surface area contributed by atoms with Gasteiger partial charge in [-0.1, -0.05) is 40.2 Å². The van der Waals surface area contributed by atoms with E-state index in [1.807, 2.05) is 30.5 Å². The fraction of sp³-hybridized carbons (Fsp3) is 0.0833. The van der Waals surface area contributed by atoms with Crippen molar-refractivity contribution in [2.45, 2.75) is 6.92 Å². The smallest absolute Gasteiger partial charge is 0.0715 e. The van der Waals surface area contributed by atoms with Gasteiger partial charge in [0.05, 0.1) is 5.69 Å². The van der Waals surface area contributed by atoms with E-state index in [-0.39, 0.29) is 0 Å². The van der Waals surface area contributed by atoms with Gasteiger partial charge in [-0.25, -0.2) is 0 Å². The van der Waals surface area contributed by atoms with Crippen LogP contribution in [0.1, 0.15) is 5.56 Å². The number of hydrogen-bond acceptors (Lipinski definition) is 1. The highest BCUT2D eigenvalue weighted by Gasteiger charge is 2.01. The number of aromatic nitrogens is 1. The fourth-order valence-electron chi connectivity index (χ4n) is 1.41. The number of halogens is 1. The zero-order valence-electron chi connectivity index (χ0n) is 7.87. The molecule has 2 heteroatoms. The van der Waals surface area contributed by atoms with Gasteiger partial charge in [0, 0.05) is 16.2 Å². The van der Waals surface area contributed by atoms with Gasteiger partial charge in [-0.3, -0.25) is 4.98 Å². The number of aryl methyl sites for hydroxylation is 1. The molecule has 1 aromatic carbocycles. The van der Waals surface area contributed by atoms with Crippen LogP contribution < -0.4 is 0 Å². The number of pyridine rings is 1. The quantitative estimate of drug-likeness (QED) is 0.747. The van der Waals surface area contributed by atoms with Crippen molar-refractivity contribution in [3.8, 4) is 11.3 Å². The molecule has 0 N–H and O–H groups in total. The Hall–Kier alpha value is -1.15. The summed E-state index contributed by atoms with van der Waals surface area (Å²) in [6.45, 7) is 2.10. The molecule has 0 saturated heterocycles. The van der Waals surface area contributed by atoms with Crippen LogP contribution in [0.4, 0.5) is 0 Å². The van der Waals surface area contributed by atoms with E-state index in [4.69, 9.17) is 0 Å². The van der Waals surface area contributed by atoms with Crippen LogP contribution in [0, 0.1) is 6.92 Å². The summed E-state index contributed by atoms with van der Waals surface area (Å²) >= 11 is 3.44. The van der Waals surface area contributed by atoms with Gasteiger partial charge >= 0.3 is 0 Å². The average molecular weight is 248 g/mol. The van der Waals surface area contributed by atoms with E-state index < -0.39 is 0 Å². The number of rotatable bonds is 1. The molecule has 0 fully saturated rings. The number of hydrogen-bond donors (Lipinski definition) is 0. The molecule has 1 aromatic heterocycles. The van der Waals surface area contributed by atoms with E-state index in [9.17, 15) is 0 Å². The predicted molar refractivity (Wildman–Crippen MR) is 62.1 cm³/mol. The maximum atomic E-state index is 4.34. The fourth-order valence-corrected chi connectivity index (χ4v) is 1.75. The van der Waals surface area contributed by atoms with Gasteiger partial charge in [0.1, 0.15) is 0 Å². The molecule has 1 nitrogen and oxygen atoms in total. The van der Waals surface area contributed by atoms with E-state index in [2.05, 4.69) is 40.0 Å². The minimum atomic E-state index is 1.01. The van der Waals surface area contributed by atoms with Gasteiger partial charge in [-0.05, 0) is 24.6 Å². The summed E-state index contributed by atoms with van der Waals surface area (Å²) in [5.41, 5.74) is 3.45. The van der Waals surface area contributed by atoms with Crippen molar-refractivity contribution in [1.29, 1.82) is 0 Å². The molecule has 0 amide bonds. The molecule has 14 heavy (non-hydrogen) atoms. The van der Waals surface area contributed by atoms with Gasteiger partial charge in [0.25, 0.3) is 0 Å². The zero-order chi connectivity index (χ0) is 9.97. The van der Waals surface area contributed by atoms with Crippen molar-refractivity contribution >= 4 is 15.9 Å². The Morgan fingerprint density at radius 3 is 2.64 bits per heavy atom. The van der Waals surface area contributed by atoms with Gasteiger partial charge in [-0.2, -0.15) is 0 Å². The van der Waals surface area contributed by atoms with Gasteiger partial charge < -0.3 is 0 Å². The average Bonchev–Trinajstić information content (AvgIpc) is 2.18. The summed E-state index contributed by atoms with van der Waals surface area (Å²) in [5.74, 6) is 0. The first-order valence-corrected chi connectivity index (χ1v) is 5.24. The molecule has 0 aliphatic rings. The lowest BCUT2D eigenvalue weighted by Crippen LogP contribution is -1.85. The summed E-state index contributed by atoms with van der Waals surface area (Å²) in [6.07, 6.45) is 1.81. The molecule has 1 heterocycles. The molecule has 0 spiro atoms. The minimum Gasteiger partial charge on any atom is -0.256 e. The molecule has 2 rings (SSSR count). The molecule has 0 radical (unpaired) electrons. The first-order valence-electron chi connectivity index (χ1n) is 4.45. The minimum absolute atomic E-state index is 1.01. The molecular weight excluding hydrogens is 238 g/mol. The third kappa shape index (κ3) is 1.85. The second-order valence-corrected chi connectivity index (χ2v) is 4.09. The zero-order valence-corrected chi connectivity index (χ0v) is 9.45. The van der Waals surface area contributed by atoms with Crippen molar-refractivity contribution < 1.29 is 0 Å². The van der Waals surface area contributed by atoms with Crippen LogP contribution >= 0.6 is 15.9 Å². The highest BCUT2D eigenvalue weighted by atomic mass is 79.9. The summed E-state index contributed by atoms with van der Waals surface area (Å²) < 4.78 is 1.06. The predicted octanol–water partition coefficient (Wildman–Crippen LogP) is 3.82. The van der Waals surface area contributed by atoms with Crippen LogP contribution in [0.5, 0.6) is 0 Å². The lowest BCUT2D eigenvalue weighted by atomic mass is 10.1. The lowest BCUT2D eigenvalue weighted by Gasteiger charge is -2.04. The van der Waals surface area contributed by atoms with E-state index in [0.717, 1.165) is 10.2 Å². The Morgan fingerprint density at radius 1 is 1.14 bits per heavy atom. The summed E-state index contributed by atoms with van der Waals surface area (Å²) in [4.78, 5) is 4.34. The summed E-state index contributed by atoms with van der Waals surface area (Å²) in [6, 6.07) is 12.2. The first-order chi connectivity index (χ1) is 6.77. The standard InChI is InChI=1S/C12H10BrN/c1-9-4-2-3-5-11(9)12-8-10(13)6-7-14-12/h2-8H,1H3. The monoisotopic (exact) mass is 247 g/mol. The third-order valence-electron chi connectivity index (χ3n) is 2.14. The topological polar surface area (TPSA) is 12.9 Å². The Labute approximate surface area is 91.9 Å². The number of nitrogens with zero attached hydrogens (tertiary/aromatic N) is 1. The van der Waals surface area contributed by atoms with Gasteiger partial charge in [-0.15, -0.1) is 0 Å². The third-order valence-corrected chi connectivity index (χ3v) is 2.64. The molecule has 70 valence electrons. The normalized spacial score (nSPS) is 10.1. The maximum Gasteiger partial charge on any atom is 0.0715 e. The summed E-state index contributed by atoms with van der Waals surface area (Å²) in [5, 5.41) is 0. The number of benzene rings is 1. The maximum absolute atomic E-state index is 4.34. The highest BCUT2D eigenvalue weighted by molar-refractivity contribution is 9.10. The van der Waals surface area contributed by atoms with Crippen molar-refractivity contribution in [2.24, 2.45) is 0 Å². The second kappa shape index (κ2) is 3.93. The van der Waals surface area contributed by atoms with Gasteiger partial charge in [0.15, 0.2) is 0 Å². The molecule has 0 atom stereocenters. The summed E-state index contributed by atoms with van der Waals surface area (Å²) in [7, 11) is 0. The van der Waals surface area contributed by atoms with E-state index >= 15 is 0 Å². The van der Waals surface area contributed by atoms with Crippen LogP contribution in [-0.2, 0) is 0 Å². The molecular formula is C12H10BrN.